The molecule has 3 N–H and O–H groups in total. The molecule has 0 spiro atoms. The van der Waals surface area contributed by atoms with Crippen LogP contribution in [0, 0.1) is 11.8 Å². The second kappa shape index (κ2) is 6.86. The Morgan fingerprint density at radius 2 is 2.25 bits per heavy atom. The molecule has 1 saturated carbocycles. The first kappa shape index (κ1) is 15.0. The maximum absolute atomic E-state index is 11.9. The Morgan fingerprint density at radius 3 is 2.90 bits per heavy atom. The third-order valence-corrected chi connectivity index (χ3v) is 3.99. The summed E-state index contributed by atoms with van der Waals surface area (Å²) < 4.78 is 0. The molecule has 0 bridgehead atoms. The van der Waals surface area contributed by atoms with Crippen molar-refractivity contribution in [2.24, 2.45) is 17.6 Å². The monoisotopic (exact) mass is 275 g/mol. The molecule has 1 amide bonds. The highest BCUT2D eigenvalue weighted by Gasteiger charge is 2.32. The van der Waals surface area contributed by atoms with Crippen molar-refractivity contribution >= 4 is 11.6 Å². The van der Waals surface area contributed by atoms with E-state index in [0.29, 0.717) is 13.0 Å². The zero-order valence-electron chi connectivity index (χ0n) is 12.4. The lowest BCUT2D eigenvalue weighted by atomic mass is 10.2. The van der Waals surface area contributed by atoms with Crippen molar-refractivity contribution in [2.45, 2.75) is 26.3 Å². The fourth-order valence-electron chi connectivity index (χ4n) is 2.44. The third kappa shape index (κ3) is 4.62. The standard InChI is InChI=1S/C16H25N3O/c1-12-8-14(12)11-19(2)7-6-16(20)18-15-5-3-4-13(9-15)10-17/h3-5,9,12,14H,6-8,10-11,17H2,1-2H3,(H,18,20). The topological polar surface area (TPSA) is 58.4 Å². The fraction of sp³-hybridized carbons (Fsp3) is 0.562. The third-order valence-electron chi connectivity index (χ3n) is 3.99. The SMILES string of the molecule is CC1CC1CN(C)CCC(=O)Nc1cccc(CN)c1. The lowest BCUT2D eigenvalue weighted by molar-refractivity contribution is -0.116. The van der Waals surface area contributed by atoms with Crippen molar-refractivity contribution in [1.29, 1.82) is 0 Å². The molecule has 4 nitrogen and oxygen atoms in total. The van der Waals surface area contributed by atoms with Crippen LogP contribution in [-0.4, -0.2) is 30.9 Å². The predicted octanol–water partition coefficient (Wildman–Crippen LogP) is 2.06. The number of rotatable bonds is 7. The molecule has 4 heteroatoms. The summed E-state index contributed by atoms with van der Waals surface area (Å²) in [5, 5.41) is 2.93. The number of anilines is 1. The molecule has 2 atom stereocenters. The Kier molecular flexibility index (Phi) is 5.15. The molecule has 0 heterocycles. The summed E-state index contributed by atoms with van der Waals surface area (Å²) in [6.45, 7) is 4.70. The number of amides is 1. The molecular weight excluding hydrogens is 250 g/mol. The zero-order valence-corrected chi connectivity index (χ0v) is 12.4. The molecular formula is C16H25N3O. The van der Waals surface area contributed by atoms with Gasteiger partial charge in [-0.05, 0) is 43.0 Å². The molecule has 1 aromatic carbocycles. The quantitative estimate of drug-likeness (QED) is 0.801. The van der Waals surface area contributed by atoms with E-state index < -0.39 is 0 Å². The van der Waals surface area contributed by atoms with Gasteiger partial charge in [-0.15, -0.1) is 0 Å². The van der Waals surface area contributed by atoms with Crippen molar-refractivity contribution < 1.29 is 4.79 Å². The lowest BCUT2D eigenvalue weighted by Crippen LogP contribution is -2.26. The number of hydrogen-bond acceptors (Lipinski definition) is 3. The van der Waals surface area contributed by atoms with Crippen LogP contribution < -0.4 is 11.1 Å². The Bertz CT molecular complexity index is 461. The highest BCUT2D eigenvalue weighted by Crippen LogP contribution is 2.37. The molecule has 110 valence electrons. The Balaban J connectivity index is 1.71. The van der Waals surface area contributed by atoms with E-state index in [2.05, 4.69) is 24.2 Å². The molecule has 1 aliphatic carbocycles. The van der Waals surface area contributed by atoms with Crippen LogP contribution >= 0.6 is 0 Å². The molecule has 0 aliphatic heterocycles. The van der Waals surface area contributed by atoms with E-state index in [9.17, 15) is 4.79 Å². The van der Waals surface area contributed by atoms with E-state index >= 15 is 0 Å². The van der Waals surface area contributed by atoms with Gasteiger partial charge in [-0.25, -0.2) is 0 Å². The Hall–Kier alpha value is -1.39. The molecule has 1 fully saturated rings. The van der Waals surface area contributed by atoms with Gasteiger partial charge in [-0.2, -0.15) is 0 Å². The molecule has 0 radical (unpaired) electrons. The van der Waals surface area contributed by atoms with Crippen LogP contribution in [0.15, 0.2) is 24.3 Å². The van der Waals surface area contributed by atoms with E-state index in [0.717, 1.165) is 36.2 Å². The van der Waals surface area contributed by atoms with Crippen molar-refractivity contribution in [1.82, 2.24) is 4.90 Å². The highest BCUT2D eigenvalue weighted by atomic mass is 16.1. The summed E-state index contributed by atoms with van der Waals surface area (Å²) in [5.74, 6) is 1.77. The minimum absolute atomic E-state index is 0.0647. The van der Waals surface area contributed by atoms with Crippen LogP contribution in [0.5, 0.6) is 0 Å². The molecule has 2 rings (SSSR count). The van der Waals surface area contributed by atoms with Crippen molar-refractivity contribution in [3.05, 3.63) is 29.8 Å². The van der Waals surface area contributed by atoms with Crippen LogP contribution in [0.3, 0.4) is 0 Å². The molecule has 20 heavy (non-hydrogen) atoms. The van der Waals surface area contributed by atoms with Gasteiger partial charge in [0.1, 0.15) is 0 Å². The van der Waals surface area contributed by atoms with Gasteiger partial charge < -0.3 is 16.0 Å². The maximum atomic E-state index is 11.9. The van der Waals surface area contributed by atoms with Gasteiger partial charge in [-0.3, -0.25) is 4.79 Å². The van der Waals surface area contributed by atoms with Crippen molar-refractivity contribution in [3.63, 3.8) is 0 Å². The average molecular weight is 275 g/mol. The number of carbonyl (C=O) groups is 1. The summed E-state index contributed by atoms with van der Waals surface area (Å²) in [7, 11) is 2.09. The maximum Gasteiger partial charge on any atom is 0.225 e. The Morgan fingerprint density at radius 1 is 1.50 bits per heavy atom. The summed E-state index contributed by atoms with van der Waals surface area (Å²) in [6.07, 6.45) is 1.87. The minimum Gasteiger partial charge on any atom is -0.326 e. The lowest BCUT2D eigenvalue weighted by Gasteiger charge is -2.16. The summed E-state index contributed by atoms with van der Waals surface area (Å²) in [5.41, 5.74) is 7.45. The largest absolute Gasteiger partial charge is 0.326 e. The van der Waals surface area contributed by atoms with Crippen LogP contribution in [-0.2, 0) is 11.3 Å². The van der Waals surface area contributed by atoms with Crippen molar-refractivity contribution in [2.75, 3.05) is 25.5 Å². The molecule has 0 aromatic heterocycles. The van der Waals surface area contributed by atoms with E-state index in [1.165, 1.54) is 6.42 Å². The van der Waals surface area contributed by atoms with Gasteiger partial charge in [0.15, 0.2) is 0 Å². The van der Waals surface area contributed by atoms with E-state index in [-0.39, 0.29) is 5.91 Å². The van der Waals surface area contributed by atoms with E-state index in [1.807, 2.05) is 24.3 Å². The van der Waals surface area contributed by atoms with E-state index in [4.69, 9.17) is 5.73 Å². The van der Waals surface area contributed by atoms with Gasteiger partial charge in [-0.1, -0.05) is 19.1 Å². The first-order chi connectivity index (χ1) is 9.58. The van der Waals surface area contributed by atoms with Crippen LogP contribution in [0.4, 0.5) is 5.69 Å². The number of nitrogens with two attached hydrogens (primary N) is 1. The molecule has 1 aliphatic rings. The van der Waals surface area contributed by atoms with Gasteiger partial charge in [0.05, 0.1) is 0 Å². The van der Waals surface area contributed by atoms with Crippen LogP contribution in [0.2, 0.25) is 0 Å². The summed E-state index contributed by atoms with van der Waals surface area (Å²) in [4.78, 5) is 14.2. The minimum atomic E-state index is 0.0647. The smallest absolute Gasteiger partial charge is 0.225 e. The number of hydrogen-bond donors (Lipinski definition) is 2. The molecule has 2 unspecified atom stereocenters. The second-order valence-corrected chi connectivity index (χ2v) is 5.94. The van der Waals surface area contributed by atoms with E-state index in [1.54, 1.807) is 0 Å². The second-order valence-electron chi connectivity index (χ2n) is 5.94. The normalized spacial score (nSPS) is 21.0. The van der Waals surface area contributed by atoms with Gasteiger partial charge in [0, 0.05) is 31.7 Å². The summed E-state index contributed by atoms with van der Waals surface area (Å²) >= 11 is 0. The zero-order chi connectivity index (χ0) is 14.5. The van der Waals surface area contributed by atoms with Gasteiger partial charge >= 0.3 is 0 Å². The summed E-state index contributed by atoms with van der Waals surface area (Å²) in [6, 6.07) is 7.69. The number of benzene rings is 1. The number of nitrogens with zero attached hydrogens (tertiary/aromatic N) is 1. The first-order valence-electron chi connectivity index (χ1n) is 7.36. The molecule has 1 aromatic rings. The van der Waals surface area contributed by atoms with Gasteiger partial charge in [0.25, 0.3) is 0 Å². The predicted molar refractivity (Wildman–Crippen MR) is 82.3 cm³/mol. The van der Waals surface area contributed by atoms with Crippen LogP contribution in [0.25, 0.3) is 0 Å². The highest BCUT2D eigenvalue weighted by molar-refractivity contribution is 5.90. The van der Waals surface area contributed by atoms with Crippen molar-refractivity contribution in [3.8, 4) is 0 Å². The number of carbonyl (C=O) groups excluding carboxylic acids is 1. The Labute approximate surface area is 121 Å². The number of nitrogens with one attached hydrogen (secondary N) is 1. The molecule has 0 saturated heterocycles. The fourth-order valence-corrected chi connectivity index (χ4v) is 2.44. The first-order valence-corrected chi connectivity index (χ1v) is 7.36. The van der Waals surface area contributed by atoms with Gasteiger partial charge in [0.2, 0.25) is 5.91 Å². The van der Waals surface area contributed by atoms with Crippen LogP contribution in [0.1, 0.15) is 25.3 Å². The average Bonchev–Trinajstić information content (AvgIpc) is 3.12.